The van der Waals surface area contributed by atoms with Crippen molar-refractivity contribution in [3.05, 3.63) is 64.4 Å². The SMILES string of the molecule is O=C(CCc1ccccc1)Nc1cc(F)ccc1Br. The largest absolute Gasteiger partial charge is 0.325 e. The van der Waals surface area contributed by atoms with Gasteiger partial charge in [-0.2, -0.15) is 0 Å². The van der Waals surface area contributed by atoms with Crippen molar-refractivity contribution in [1.29, 1.82) is 0 Å². The van der Waals surface area contributed by atoms with Gasteiger partial charge in [0.2, 0.25) is 5.91 Å². The second kappa shape index (κ2) is 6.48. The summed E-state index contributed by atoms with van der Waals surface area (Å²) in [6.07, 6.45) is 1.03. The van der Waals surface area contributed by atoms with Crippen molar-refractivity contribution in [2.45, 2.75) is 12.8 Å². The topological polar surface area (TPSA) is 29.1 Å². The highest BCUT2D eigenvalue weighted by Gasteiger charge is 2.07. The molecule has 0 aromatic heterocycles. The van der Waals surface area contributed by atoms with Gasteiger partial charge in [0.05, 0.1) is 5.69 Å². The summed E-state index contributed by atoms with van der Waals surface area (Å²) in [5, 5.41) is 2.70. The maximum Gasteiger partial charge on any atom is 0.224 e. The fourth-order valence-electron chi connectivity index (χ4n) is 1.71. The number of aryl methyl sites for hydroxylation is 1. The Hall–Kier alpha value is -1.68. The number of halogens is 2. The van der Waals surface area contributed by atoms with Crippen molar-refractivity contribution in [2.75, 3.05) is 5.32 Å². The first-order valence-electron chi connectivity index (χ1n) is 5.94. The van der Waals surface area contributed by atoms with Gasteiger partial charge in [0.1, 0.15) is 5.82 Å². The first kappa shape index (κ1) is 13.7. The van der Waals surface area contributed by atoms with E-state index in [1.165, 1.54) is 12.1 Å². The van der Waals surface area contributed by atoms with Gasteiger partial charge in [0, 0.05) is 10.9 Å². The summed E-state index contributed by atoms with van der Waals surface area (Å²) >= 11 is 3.27. The van der Waals surface area contributed by atoms with Gasteiger partial charge >= 0.3 is 0 Å². The van der Waals surface area contributed by atoms with E-state index in [0.29, 0.717) is 23.0 Å². The van der Waals surface area contributed by atoms with Gasteiger partial charge in [-0.25, -0.2) is 4.39 Å². The summed E-state index contributed by atoms with van der Waals surface area (Å²) in [5.41, 5.74) is 1.56. The van der Waals surface area contributed by atoms with Crippen LogP contribution in [0.2, 0.25) is 0 Å². The van der Waals surface area contributed by atoms with Crippen LogP contribution < -0.4 is 5.32 Å². The van der Waals surface area contributed by atoms with Crippen molar-refractivity contribution in [1.82, 2.24) is 0 Å². The van der Waals surface area contributed by atoms with Crippen molar-refractivity contribution in [3.63, 3.8) is 0 Å². The number of nitrogens with one attached hydrogen (secondary N) is 1. The molecule has 2 nitrogen and oxygen atoms in total. The molecular formula is C15H13BrFNO. The molecule has 0 bridgehead atoms. The van der Waals surface area contributed by atoms with Gasteiger partial charge < -0.3 is 5.32 Å². The van der Waals surface area contributed by atoms with Gasteiger partial charge in [-0.05, 0) is 46.1 Å². The monoisotopic (exact) mass is 321 g/mol. The molecule has 2 rings (SSSR count). The highest BCUT2D eigenvalue weighted by molar-refractivity contribution is 9.10. The standard InChI is InChI=1S/C15H13BrFNO/c16-13-8-7-12(17)10-14(13)18-15(19)9-6-11-4-2-1-3-5-11/h1-5,7-8,10H,6,9H2,(H,18,19). The Morgan fingerprint density at radius 3 is 2.63 bits per heavy atom. The molecule has 0 aliphatic rings. The molecule has 0 spiro atoms. The molecule has 4 heteroatoms. The van der Waals surface area contributed by atoms with E-state index in [1.807, 2.05) is 30.3 Å². The zero-order chi connectivity index (χ0) is 13.7. The number of carbonyl (C=O) groups is 1. The Labute approximate surface area is 119 Å². The fourth-order valence-corrected chi connectivity index (χ4v) is 2.05. The normalized spacial score (nSPS) is 10.2. The molecule has 1 N–H and O–H groups in total. The Kier molecular flexibility index (Phi) is 4.68. The molecule has 0 saturated heterocycles. The number of carbonyl (C=O) groups excluding carboxylic acids is 1. The molecule has 0 atom stereocenters. The summed E-state index contributed by atoms with van der Waals surface area (Å²) in [4.78, 5) is 11.8. The predicted octanol–water partition coefficient (Wildman–Crippen LogP) is 4.16. The van der Waals surface area contributed by atoms with Crippen molar-refractivity contribution in [3.8, 4) is 0 Å². The number of amides is 1. The maximum atomic E-state index is 13.1. The third-order valence-electron chi connectivity index (χ3n) is 2.69. The Morgan fingerprint density at radius 1 is 1.16 bits per heavy atom. The average Bonchev–Trinajstić information content (AvgIpc) is 2.42. The molecular weight excluding hydrogens is 309 g/mol. The van der Waals surface area contributed by atoms with Crippen LogP contribution in [0.1, 0.15) is 12.0 Å². The quantitative estimate of drug-likeness (QED) is 0.900. The Morgan fingerprint density at radius 2 is 1.89 bits per heavy atom. The zero-order valence-corrected chi connectivity index (χ0v) is 11.8. The fraction of sp³-hybridized carbons (Fsp3) is 0.133. The van der Waals surface area contributed by atoms with Gasteiger partial charge in [-0.3, -0.25) is 4.79 Å². The molecule has 0 saturated carbocycles. The van der Waals surface area contributed by atoms with E-state index < -0.39 is 0 Å². The molecule has 0 aliphatic heterocycles. The van der Waals surface area contributed by atoms with Crippen LogP contribution in [-0.4, -0.2) is 5.91 Å². The number of anilines is 1. The lowest BCUT2D eigenvalue weighted by molar-refractivity contribution is -0.116. The lowest BCUT2D eigenvalue weighted by Crippen LogP contribution is -2.12. The van der Waals surface area contributed by atoms with Gasteiger partial charge in [-0.15, -0.1) is 0 Å². The van der Waals surface area contributed by atoms with Gasteiger partial charge in [0.25, 0.3) is 0 Å². The molecule has 0 radical (unpaired) electrons. The second-order valence-corrected chi connectivity index (χ2v) is 5.01. The molecule has 2 aromatic carbocycles. The second-order valence-electron chi connectivity index (χ2n) is 4.16. The van der Waals surface area contributed by atoms with Crippen LogP contribution in [0.3, 0.4) is 0 Å². The molecule has 1 amide bonds. The summed E-state index contributed by atoms with van der Waals surface area (Å²) in [5.74, 6) is -0.503. The number of hydrogen-bond donors (Lipinski definition) is 1. The van der Waals surface area contributed by atoms with Crippen LogP contribution in [0, 0.1) is 5.82 Å². The van der Waals surface area contributed by atoms with Crippen molar-refractivity contribution >= 4 is 27.5 Å². The molecule has 2 aromatic rings. The Balaban J connectivity index is 1.93. The maximum absolute atomic E-state index is 13.1. The van der Waals surface area contributed by atoms with E-state index in [1.54, 1.807) is 6.07 Å². The first-order valence-corrected chi connectivity index (χ1v) is 6.73. The van der Waals surface area contributed by atoms with Crippen LogP contribution in [0.15, 0.2) is 53.0 Å². The van der Waals surface area contributed by atoms with Crippen LogP contribution in [0.25, 0.3) is 0 Å². The molecule has 19 heavy (non-hydrogen) atoms. The zero-order valence-electron chi connectivity index (χ0n) is 10.2. The van der Waals surface area contributed by atoms with E-state index in [4.69, 9.17) is 0 Å². The number of rotatable bonds is 4. The van der Waals surface area contributed by atoms with E-state index in [0.717, 1.165) is 5.56 Å². The van der Waals surface area contributed by atoms with E-state index in [2.05, 4.69) is 21.2 Å². The summed E-state index contributed by atoms with van der Waals surface area (Å²) in [6, 6.07) is 14.0. The lowest BCUT2D eigenvalue weighted by atomic mass is 10.1. The minimum Gasteiger partial charge on any atom is -0.325 e. The van der Waals surface area contributed by atoms with Gasteiger partial charge in [-0.1, -0.05) is 30.3 Å². The van der Waals surface area contributed by atoms with Crippen LogP contribution in [0.5, 0.6) is 0 Å². The van der Waals surface area contributed by atoms with E-state index in [9.17, 15) is 9.18 Å². The smallest absolute Gasteiger partial charge is 0.224 e. The summed E-state index contributed by atoms with van der Waals surface area (Å²) < 4.78 is 13.7. The summed E-state index contributed by atoms with van der Waals surface area (Å²) in [6.45, 7) is 0. The molecule has 0 fully saturated rings. The highest BCUT2D eigenvalue weighted by Crippen LogP contribution is 2.23. The number of benzene rings is 2. The Bertz CT molecular complexity index is 572. The molecule has 98 valence electrons. The molecule has 0 heterocycles. The van der Waals surface area contributed by atoms with Crippen LogP contribution in [-0.2, 0) is 11.2 Å². The van der Waals surface area contributed by atoms with Crippen molar-refractivity contribution in [2.24, 2.45) is 0 Å². The van der Waals surface area contributed by atoms with Crippen LogP contribution in [0.4, 0.5) is 10.1 Å². The predicted molar refractivity (Wildman–Crippen MR) is 77.5 cm³/mol. The molecule has 0 unspecified atom stereocenters. The van der Waals surface area contributed by atoms with Gasteiger partial charge in [0.15, 0.2) is 0 Å². The summed E-state index contributed by atoms with van der Waals surface area (Å²) in [7, 11) is 0. The minimum atomic E-state index is -0.374. The number of hydrogen-bond acceptors (Lipinski definition) is 1. The molecule has 0 aliphatic carbocycles. The van der Waals surface area contributed by atoms with Crippen LogP contribution >= 0.6 is 15.9 Å². The van der Waals surface area contributed by atoms with Crippen molar-refractivity contribution < 1.29 is 9.18 Å². The van der Waals surface area contributed by atoms with E-state index in [-0.39, 0.29) is 11.7 Å². The van der Waals surface area contributed by atoms with E-state index >= 15 is 0 Å². The third kappa shape index (κ3) is 4.17. The third-order valence-corrected chi connectivity index (χ3v) is 3.38. The lowest BCUT2D eigenvalue weighted by Gasteiger charge is -2.07. The first-order chi connectivity index (χ1) is 9.15. The highest BCUT2D eigenvalue weighted by atomic mass is 79.9. The minimum absolute atomic E-state index is 0.129. The average molecular weight is 322 g/mol.